The normalized spacial score (nSPS) is 10.0. The highest BCUT2D eigenvalue weighted by atomic mass is 16.2. The average molecular weight is 311 g/mol. The van der Waals surface area contributed by atoms with E-state index in [2.05, 4.69) is 16.0 Å². The van der Waals surface area contributed by atoms with Crippen molar-refractivity contribution in [3.05, 3.63) is 59.2 Å². The summed E-state index contributed by atoms with van der Waals surface area (Å²) in [5.74, 6) is -0.283. The van der Waals surface area contributed by atoms with Crippen LogP contribution >= 0.6 is 0 Å². The van der Waals surface area contributed by atoms with E-state index >= 15 is 0 Å². The third-order valence-corrected chi connectivity index (χ3v) is 3.58. The lowest BCUT2D eigenvalue weighted by atomic mass is 10.1. The van der Waals surface area contributed by atoms with Crippen molar-refractivity contribution in [1.29, 1.82) is 0 Å². The molecule has 0 heterocycles. The molecule has 0 atom stereocenters. The number of nitrogens with one attached hydrogen (secondary N) is 3. The van der Waals surface area contributed by atoms with E-state index < -0.39 is 0 Å². The molecule has 5 nitrogen and oxygen atoms in total. The Hall–Kier alpha value is -2.82. The molecular formula is C18H21N3O2. The van der Waals surface area contributed by atoms with E-state index in [1.165, 1.54) is 0 Å². The Balaban J connectivity index is 1.99. The first-order valence-electron chi connectivity index (χ1n) is 7.43. The smallest absolute Gasteiger partial charge is 0.251 e. The SMILES string of the molecule is CNC(=O)c1cccc(NCC(=O)Nc2ccc(C)cc2)c1C. The van der Waals surface area contributed by atoms with Crippen LogP contribution in [0.5, 0.6) is 0 Å². The number of benzene rings is 2. The predicted molar refractivity (Wildman–Crippen MR) is 92.9 cm³/mol. The van der Waals surface area contributed by atoms with Crippen LogP contribution in [0.1, 0.15) is 21.5 Å². The summed E-state index contributed by atoms with van der Waals surface area (Å²) in [6.45, 7) is 3.98. The molecule has 0 saturated carbocycles. The highest BCUT2D eigenvalue weighted by molar-refractivity contribution is 5.97. The van der Waals surface area contributed by atoms with Crippen molar-refractivity contribution in [2.24, 2.45) is 0 Å². The van der Waals surface area contributed by atoms with E-state index in [-0.39, 0.29) is 18.4 Å². The molecule has 0 aromatic heterocycles. The summed E-state index contributed by atoms with van der Waals surface area (Å²) in [6, 6.07) is 13.0. The Bertz CT molecular complexity index is 709. The number of aryl methyl sites for hydroxylation is 1. The Morgan fingerprint density at radius 1 is 1.00 bits per heavy atom. The molecule has 2 aromatic rings. The number of carbonyl (C=O) groups excluding carboxylic acids is 2. The fraction of sp³-hybridized carbons (Fsp3) is 0.222. The number of hydrogen-bond donors (Lipinski definition) is 3. The van der Waals surface area contributed by atoms with E-state index in [0.717, 1.165) is 22.5 Å². The molecule has 0 radical (unpaired) electrons. The predicted octanol–water partition coefficient (Wildman–Crippen LogP) is 2.71. The van der Waals surface area contributed by atoms with Crippen molar-refractivity contribution in [2.45, 2.75) is 13.8 Å². The van der Waals surface area contributed by atoms with E-state index in [9.17, 15) is 9.59 Å². The number of rotatable bonds is 5. The van der Waals surface area contributed by atoms with Gasteiger partial charge in [0.15, 0.2) is 0 Å². The summed E-state index contributed by atoms with van der Waals surface area (Å²) < 4.78 is 0. The first-order chi connectivity index (χ1) is 11.0. The van der Waals surface area contributed by atoms with E-state index in [1.54, 1.807) is 19.2 Å². The Morgan fingerprint density at radius 3 is 2.35 bits per heavy atom. The van der Waals surface area contributed by atoms with Crippen LogP contribution in [0.15, 0.2) is 42.5 Å². The molecule has 0 aliphatic rings. The molecule has 0 aliphatic heterocycles. The summed E-state index contributed by atoms with van der Waals surface area (Å²) in [6.07, 6.45) is 0. The van der Waals surface area contributed by atoms with Crippen LogP contribution in [-0.4, -0.2) is 25.4 Å². The van der Waals surface area contributed by atoms with Crippen LogP contribution in [0.2, 0.25) is 0 Å². The average Bonchev–Trinajstić information content (AvgIpc) is 2.55. The third-order valence-electron chi connectivity index (χ3n) is 3.58. The van der Waals surface area contributed by atoms with Crippen LogP contribution in [0.3, 0.4) is 0 Å². The molecular weight excluding hydrogens is 290 g/mol. The topological polar surface area (TPSA) is 70.2 Å². The summed E-state index contributed by atoms with van der Waals surface area (Å²) >= 11 is 0. The fourth-order valence-corrected chi connectivity index (χ4v) is 2.23. The van der Waals surface area contributed by atoms with Gasteiger partial charge in [0.1, 0.15) is 0 Å². The first-order valence-corrected chi connectivity index (χ1v) is 7.43. The minimum Gasteiger partial charge on any atom is -0.376 e. The molecule has 23 heavy (non-hydrogen) atoms. The van der Waals surface area contributed by atoms with Gasteiger partial charge in [-0.1, -0.05) is 23.8 Å². The molecule has 0 fully saturated rings. The van der Waals surface area contributed by atoms with Crippen LogP contribution in [-0.2, 0) is 4.79 Å². The minimum absolute atomic E-state index is 0.131. The number of carbonyl (C=O) groups is 2. The van der Waals surface area contributed by atoms with Gasteiger partial charge in [0.2, 0.25) is 5.91 Å². The summed E-state index contributed by atoms with van der Waals surface area (Å²) in [5.41, 5.74) is 4.08. The second-order valence-corrected chi connectivity index (χ2v) is 5.33. The largest absolute Gasteiger partial charge is 0.376 e. The van der Waals surface area contributed by atoms with Crippen molar-refractivity contribution in [3.63, 3.8) is 0 Å². The minimum atomic E-state index is -0.143. The molecule has 120 valence electrons. The Morgan fingerprint density at radius 2 is 1.70 bits per heavy atom. The highest BCUT2D eigenvalue weighted by Gasteiger charge is 2.10. The fourth-order valence-electron chi connectivity index (χ4n) is 2.23. The zero-order chi connectivity index (χ0) is 16.8. The quantitative estimate of drug-likeness (QED) is 0.795. The molecule has 5 heteroatoms. The summed E-state index contributed by atoms with van der Waals surface area (Å²) in [7, 11) is 1.59. The number of hydrogen-bond acceptors (Lipinski definition) is 3. The van der Waals surface area contributed by atoms with Crippen molar-refractivity contribution in [1.82, 2.24) is 5.32 Å². The van der Waals surface area contributed by atoms with Crippen LogP contribution < -0.4 is 16.0 Å². The van der Waals surface area contributed by atoms with Gasteiger partial charge in [-0.25, -0.2) is 0 Å². The molecule has 2 amide bonds. The van der Waals surface area contributed by atoms with Gasteiger partial charge in [0, 0.05) is 24.0 Å². The van der Waals surface area contributed by atoms with E-state index in [0.29, 0.717) is 5.56 Å². The van der Waals surface area contributed by atoms with Gasteiger partial charge in [0.25, 0.3) is 5.91 Å². The van der Waals surface area contributed by atoms with Gasteiger partial charge in [-0.15, -0.1) is 0 Å². The van der Waals surface area contributed by atoms with Crippen molar-refractivity contribution < 1.29 is 9.59 Å². The summed E-state index contributed by atoms with van der Waals surface area (Å²) in [5, 5.41) is 8.50. The van der Waals surface area contributed by atoms with Crippen LogP contribution in [0.4, 0.5) is 11.4 Å². The zero-order valence-electron chi connectivity index (χ0n) is 13.6. The van der Waals surface area contributed by atoms with Gasteiger partial charge in [-0.3, -0.25) is 9.59 Å². The molecule has 2 rings (SSSR count). The number of anilines is 2. The van der Waals surface area contributed by atoms with E-state index in [4.69, 9.17) is 0 Å². The number of amides is 2. The maximum atomic E-state index is 12.0. The molecule has 0 aliphatic carbocycles. The lowest BCUT2D eigenvalue weighted by Gasteiger charge is -2.13. The Kier molecular flexibility index (Phi) is 5.36. The van der Waals surface area contributed by atoms with Crippen molar-refractivity contribution >= 4 is 23.2 Å². The second-order valence-electron chi connectivity index (χ2n) is 5.33. The lowest BCUT2D eigenvalue weighted by Crippen LogP contribution is -2.23. The molecule has 0 spiro atoms. The molecule has 0 saturated heterocycles. The van der Waals surface area contributed by atoms with Gasteiger partial charge in [0.05, 0.1) is 6.54 Å². The maximum absolute atomic E-state index is 12.0. The standard InChI is InChI=1S/C18H21N3O2/c1-12-7-9-14(10-8-12)21-17(22)11-20-16-6-4-5-15(13(16)2)18(23)19-3/h4-10,20H,11H2,1-3H3,(H,19,23)(H,21,22). The monoisotopic (exact) mass is 311 g/mol. The lowest BCUT2D eigenvalue weighted by molar-refractivity contribution is -0.114. The molecule has 2 aromatic carbocycles. The zero-order valence-corrected chi connectivity index (χ0v) is 13.6. The van der Waals surface area contributed by atoms with E-state index in [1.807, 2.05) is 44.2 Å². The van der Waals surface area contributed by atoms with Crippen molar-refractivity contribution in [2.75, 3.05) is 24.2 Å². The highest BCUT2D eigenvalue weighted by Crippen LogP contribution is 2.18. The van der Waals surface area contributed by atoms with Gasteiger partial charge >= 0.3 is 0 Å². The maximum Gasteiger partial charge on any atom is 0.251 e. The molecule has 0 bridgehead atoms. The molecule has 3 N–H and O–H groups in total. The molecule has 0 unspecified atom stereocenters. The first kappa shape index (κ1) is 16.5. The van der Waals surface area contributed by atoms with Crippen molar-refractivity contribution in [3.8, 4) is 0 Å². The third kappa shape index (κ3) is 4.32. The van der Waals surface area contributed by atoms with Gasteiger partial charge in [-0.05, 0) is 43.7 Å². The van der Waals surface area contributed by atoms with Crippen LogP contribution in [0, 0.1) is 13.8 Å². The van der Waals surface area contributed by atoms with Crippen LogP contribution in [0.25, 0.3) is 0 Å². The summed E-state index contributed by atoms with van der Waals surface area (Å²) in [4.78, 5) is 23.8. The van der Waals surface area contributed by atoms with Gasteiger partial charge in [-0.2, -0.15) is 0 Å². The Labute approximate surface area is 136 Å². The second kappa shape index (κ2) is 7.45. The van der Waals surface area contributed by atoms with Gasteiger partial charge < -0.3 is 16.0 Å².